The molecule has 142 valence electrons. The van der Waals surface area contributed by atoms with Gasteiger partial charge in [-0.05, 0) is 55.1 Å². The standard InChI is InChI=1S/C23H27NO3/c1-3-24(4-2)12-11-16-7-5-6-8-21(16)22(25)18-10-9-17-13-20(23(26)27)15-19(17)14-18/h5-10,14,20H,3-4,11-13,15H2,1-2H3,(H,26,27). The van der Waals surface area contributed by atoms with Crippen molar-refractivity contribution in [1.29, 1.82) is 0 Å². The number of rotatable bonds is 8. The largest absolute Gasteiger partial charge is 0.481 e. The summed E-state index contributed by atoms with van der Waals surface area (Å²) in [5.74, 6) is -1.11. The summed E-state index contributed by atoms with van der Waals surface area (Å²) in [5.41, 5.74) is 4.51. The lowest BCUT2D eigenvalue weighted by Gasteiger charge is -2.18. The Morgan fingerprint density at radius 2 is 1.74 bits per heavy atom. The molecule has 0 spiro atoms. The van der Waals surface area contributed by atoms with E-state index in [4.69, 9.17) is 0 Å². The molecule has 0 radical (unpaired) electrons. The highest BCUT2D eigenvalue weighted by Gasteiger charge is 2.28. The maximum Gasteiger partial charge on any atom is 0.307 e. The van der Waals surface area contributed by atoms with Crippen LogP contribution in [0.2, 0.25) is 0 Å². The molecule has 0 aromatic heterocycles. The predicted molar refractivity (Wildman–Crippen MR) is 106 cm³/mol. The Bertz CT molecular complexity index is 839. The number of carboxylic acids is 1. The predicted octanol–water partition coefficient (Wildman–Crippen LogP) is 3.60. The third kappa shape index (κ3) is 4.28. The third-order valence-electron chi connectivity index (χ3n) is 5.60. The SMILES string of the molecule is CCN(CC)CCc1ccccc1C(=O)c1ccc2c(c1)CC(C(=O)O)C2. The minimum atomic E-state index is -0.763. The van der Waals surface area contributed by atoms with E-state index in [0.29, 0.717) is 18.4 Å². The summed E-state index contributed by atoms with van der Waals surface area (Å²) < 4.78 is 0. The van der Waals surface area contributed by atoms with Crippen LogP contribution in [-0.4, -0.2) is 41.4 Å². The quantitative estimate of drug-likeness (QED) is 0.726. The van der Waals surface area contributed by atoms with Crippen LogP contribution in [0, 0.1) is 5.92 Å². The van der Waals surface area contributed by atoms with Gasteiger partial charge in [0.2, 0.25) is 0 Å². The van der Waals surface area contributed by atoms with Crippen molar-refractivity contribution in [2.75, 3.05) is 19.6 Å². The molecular weight excluding hydrogens is 338 g/mol. The Balaban J connectivity index is 1.81. The number of ketones is 1. The number of aliphatic carboxylic acids is 1. The van der Waals surface area contributed by atoms with E-state index >= 15 is 0 Å². The van der Waals surface area contributed by atoms with Crippen LogP contribution < -0.4 is 0 Å². The van der Waals surface area contributed by atoms with E-state index in [-0.39, 0.29) is 11.7 Å². The van der Waals surface area contributed by atoms with Crippen molar-refractivity contribution < 1.29 is 14.7 Å². The monoisotopic (exact) mass is 365 g/mol. The van der Waals surface area contributed by atoms with Gasteiger partial charge < -0.3 is 10.0 Å². The van der Waals surface area contributed by atoms with Crippen molar-refractivity contribution in [2.45, 2.75) is 33.1 Å². The van der Waals surface area contributed by atoms with Crippen LogP contribution in [0.25, 0.3) is 0 Å². The fourth-order valence-corrected chi connectivity index (χ4v) is 3.87. The molecule has 1 aliphatic rings. The van der Waals surface area contributed by atoms with Crippen molar-refractivity contribution in [2.24, 2.45) is 5.92 Å². The molecule has 0 saturated heterocycles. The highest BCUT2D eigenvalue weighted by molar-refractivity contribution is 6.10. The molecule has 4 heteroatoms. The van der Waals surface area contributed by atoms with E-state index in [2.05, 4.69) is 18.7 Å². The normalized spacial score (nSPS) is 15.7. The van der Waals surface area contributed by atoms with Crippen LogP contribution in [0.15, 0.2) is 42.5 Å². The lowest BCUT2D eigenvalue weighted by molar-refractivity contribution is -0.141. The second-order valence-electron chi connectivity index (χ2n) is 7.19. The number of hydrogen-bond acceptors (Lipinski definition) is 3. The number of fused-ring (bicyclic) bond motifs is 1. The molecule has 0 saturated carbocycles. The summed E-state index contributed by atoms with van der Waals surface area (Å²) in [6.07, 6.45) is 1.91. The summed E-state index contributed by atoms with van der Waals surface area (Å²) in [4.78, 5) is 26.7. The first-order valence-corrected chi connectivity index (χ1v) is 9.73. The molecule has 0 heterocycles. The highest BCUT2D eigenvalue weighted by atomic mass is 16.4. The second kappa shape index (κ2) is 8.49. The first-order valence-electron chi connectivity index (χ1n) is 9.73. The molecule has 4 nitrogen and oxygen atoms in total. The van der Waals surface area contributed by atoms with Crippen molar-refractivity contribution in [3.8, 4) is 0 Å². The fraction of sp³-hybridized carbons (Fsp3) is 0.391. The molecule has 27 heavy (non-hydrogen) atoms. The summed E-state index contributed by atoms with van der Waals surface area (Å²) in [5, 5.41) is 9.25. The molecule has 0 amide bonds. The molecule has 3 rings (SSSR count). The van der Waals surface area contributed by atoms with E-state index in [1.54, 1.807) is 0 Å². The summed E-state index contributed by atoms with van der Waals surface area (Å²) >= 11 is 0. The van der Waals surface area contributed by atoms with Crippen LogP contribution in [0.3, 0.4) is 0 Å². The van der Waals surface area contributed by atoms with Crippen molar-refractivity contribution in [3.63, 3.8) is 0 Å². The second-order valence-corrected chi connectivity index (χ2v) is 7.19. The van der Waals surface area contributed by atoms with Gasteiger partial charge in [0.05, 0.1) is 5.92 Å². The van der Waals surface area contributed by atoms with Gasteiger partial charge in [0.15, 0.2) is 5.78 Å². The Kier molecular flexibility index (Phi) is 6.07. The lowest BCUT2D eigenvalue weighted by Crippen LogP contribution is -2.25. The summed E-state index contributed by atoms with van der Waals surface area (Å²) in [6, 6.07) is 13.5. The maximum absolute atomic E-state index is 13.1. The number of carbonyl (C=O) groups excluding carboxylic acids is 1. The summed E-state index contributed by atoms with van der Waals surface area (Å²) in [7, 11) is 0. The molecule has 1 unspecified atom stereocenters. The smallest absolute Gasteiger partial charge is 0.307 e. The van der Waals surface area contributed by atoms with Crippen LogP contribution in [0.5, 0.6) is 0 Å². The Hall–Kier alpha value is -2.46. The first-order chi connectivity index (χ1) is 13.0. The molecule has 1 N–H and O–H groups in total. The molecule has 0 fully saturated rings. The maximum atomic E-state index is 13.1. The zero-order valence-electron chi connectivity index (χ0n) is 16.1. The average Bonchev–Trinajstić information content (AvgIpc) is 3.12. The highest BCUT2D eigenvalue weighted by Crippen LogP contribution is 2.29. The van der Waals surface area contributed by atoms with Gasteiger partial charge in [-0.15, -0.1) is 0 Å². The van der Waals surface area contributed by atoms with Gasteiger partial charge in [-0.1, -0.05) is 50.2 Å². The topological polar surface area (TPSA) is 57.6 Å². The van der Waals surface area contributed by atoms with Gasteiger partial charge in [-0.2, -0.15) is 0 Å². The fourth-order valence-electron chi connectivity index (χ4n) is 3.87. The van der Waals surface area contributed by atoms with E-state index in [1.807, 2.05) is 42.5 Å². The third-order valence-corrected chi connectivity index (χ3v) is 5.60. The van der Waals surface area contributed by atoms with Crippen LogP contribution in [0.4, 0.5) is 0 Å². The Morgan fingerprint density at radius 1 is 1.04 bits per heavy atom. The average molecular weight is 365 g/mol. The van der Waals surface area contributed by atoms with Gasteiger partial charge in [0, 0.05) is 17.7 Å². The van der Waals surface area contributed by atoms with Crippen molar-refractivity contribution in [1.82, 2.24) is 4.90 Å². The molecule has 0 bridgehead atoms. The molecular formula is C23H27NO3. The first kappa shape index (κ1) is 19.3. The van der Waals surface area contributed by atoms with Gasteiger partial charge in [-0.25, -0.2) is 0 Å². The number of benzene rings is 2. The van der Waals surface area contributed by atoms with E-state index in [9.17, 15) is 14.7 Å². The lowest BCUT2D eigenvalue weighted by atomic mass is 9.94. The Morgan fingerprint density at radius 3 is 2.44 bits per heavy atom. The van der Waals surface area contributed by atoms with Gasteiger partial charge in [0.1, 0.15) is 0 Å². The molecule has 1 aliphatic carbocycles. The number of likely N-dealkylation sites (N-methyl/N-ethyl adjacent to an activating group) is 1. The number of carbonyl (C=O) groups is 2. The minimum absolute atomic E-state index is 0.0201. The van der Waals surface area contributed by atoms with Gasteiger partial charge in [-0.3, -0.25) is 9.59 Å². The molecule has 2 aromatic rings. The molecule has 2 aromatic carbocycles. The van der Waals surface area contributed by atoms with Crippen molar-refractivity contribution >= 4 is 11.8 Å². The zero-order valence-corrected chi connectivity index (χ0v) is 16.1. The van der Waals surface area contributed by atoms with Crippen LogP contribution in [0.1, 0.15) is 46.5 Å². The number of carboxylic acid groups (broad SMARTS) is 1. The molecule has 1 atom stereocenters. The summed E-state index contributed by atoms with van der Waals surface area (Å²) in [6.45, 7) is 7.23. The number of nitrogens with zero attached hydrogens (tertiary/aromatic N) is 1. The minimum Gasteiger partial charge on any atom is -0.481 e. The van der Waals surface area contributed by atoms with Gasteiger partial charge >= 0.3 is 5.97 Å². The van der Waals surface area contributed by atoms with Crippen LogP contribution in [-0.2, 0) is 24.1 Å². The van der Waals surface area contributed by atoms with E-state index in [1.165, 1.54) is 0 Å². The van der Waals surface area contributed by atoms with Gasteiger partial charge in [0.25, 0.3) is 0 Å². The van der Waals surface area contributed by atoms with E-state index in [0.717, 1.165) is 48.3 Å². The Labute approximate surface area is 160 Å². The zero-order chi connectivity index (χ0) is 19.4. The number of hydrogen-bond donors (Lipinski definition) is 1. The van der Waals surface area contributed by atoms with Crippen molar-refractivity contribution in [3.05, 3.63) is 70.3 Å². The molecule has 0 aliphatic heterocycles. The van der Waals surface area contributed by atoms with E-state index < -0.39 is 5.97 Å². The van der Waals surface area contributed by atoms with Crippen LogP contribution >= 0.6 is 0 Å².